The lowest BCUT2D eigenvalue weighted by Crippen LogP contribution is -2.15. The first-order chi connectivity index (χ1) is 8.36. The molecule has 0 spiro atoms. The molecule has 17 heavy (non-hydrogen) atoms. The topological polar surface area (TPSA) is 42.7 Å². The number of hydrogen-bond donors (Lipinski definition) is 1. The molecule has 3 heterocycles. The van der Waals surface area contributed by atoms with Crippen LogP contribution in [0.2, 0.25) is 0 Å². The van der Waals surface area contributed by atoms with E-state index in [2.05, 4.69) is 26.8 Å². The standard InChI is InChI=1S/C13H16N4/c1-10-8-16-13(11-2-5-14-6-3-11)17(10)12-4-7-15-9-12/h2-3,5-6,8,12,15H,4,7,9H2,1H3/t12-/m1/s1. The van der Waals surface area contributed by atoms with Crippen molar-refractivity contribution in [1.29, 1.82) is 0 Å². The zero-order chi connectivity index (χ0) is 11.7. The van der Waals surface area contributed by atoms with Gasteiger partial charge in [-0.05, 0) is 32.0 Å². The number of imidazole rings is 1. The van der Waals surface area contributed by atoms with Gasteiger partial charge in [-0.2, -0.15) is 0 Å². The molecule has 0 amide bonds. The van der Waals surface area contributed by atoms with Crippen molar-refractivity contribution in [2.24, 2.45) is 0 Å². The molecule has 0 saturated carbocycles. The van der Waals surface area contributed by atoms with Crippen molar-refractivity contribution >= 4 is 0 Å². The Kier molecular flexibility index (Phi) is 2.65. The van der Waals surface area contributed by atoms with Crippen molar-refractivity contribution < 1.29 is 0 Å². The third-order valence-electron chi connectivity index (χ3n) is 3.32. The third kappa shape index (κ3) is 1.85. The van der Waals surface area contributed by atoms with Crippen molar-refractivity contribution in [2.75, 3.05) is 13.1 Å². The van der Waals surface area contributed by atoms with Crippen LogP contribution in [0.25, 0.3) is 11.4 Å². The average molecular weight is 228 g/mol. The van der Waals surface area contributed by atoms with Gasteiger partial charge >= 0.3 is 0 Å². The minimum atomic E-state index is 0.528. The van der Waals surface area contributed by atoms with Crippen LogP contribution in [0.4, 0.5) is 0 Å². The van der Waals surface area contributed by atoms with Gasteiger partial charge in [0.25, 0.3) is 0 Å². The molecule has 3 rings (SSSR count). The van der Waals surface area contributed by atoms with Crippen LogP contribution in [0, 0.1) is 6.92 Å². The van der Waals surface area contributed by atoms with Crippen LogP contribution in [0.15, 0.2) is 30.7 Å². The van der Waals surface area contributed by atoms with Gasteiger partial charge in [-0.15, -0.1) is 0 Å². The van der Waals surface area contributed by atoms with Gasteiger partial charge in [0, 0.05) is 42.4 Å². The molecule has 1 saturated heterocycles. The SMILES string of the molecule is Cc1cnc(-c2ccncc2)n1[C@@H]1CCNC1. The van der Waals surface area contributed by atoms with Crippen LogP contribution in [-0.2, 0) is 0 Å². The molecule has 1 aliphatic heterocycles. The number of rotatable bonds is 2. The summed E-state index contributed by atoms with van der Waals surface area (Å²) >= 11 is 0. The molecule has 2 aromatic heterocycles. The van der Waals surface area contributed by atoms with E-state index in [1.54, 1.807) is 0 Å². The minimum absolute atomic E-state index is 0.528. The Morgan fingerprint density at radius 2 is 2.18 bits per heavy atom. The molecule has 0 unspecified atom stereocenters. The fourth-order valence-corrected chi connectivity index (χ4v) is 2.48. The summed E-state index contributed by atoms with van der Waals surface area (Å²) < 4.78 is 2.34. The van der Waals surface area contributed by atoms with Gasteiger partial charge in [-0.1, -0.05) is 0 Å². The Hall–Kier alpha value is -1.68. The van der Waals surface area contributed by atoms with Gasteiger partial charge < -0.3 is 9.88 Å². The number of aromatic nitrogens is 3. The van der Waals surface area contributed by atoms with Gasteiger partial charge in [-0.3, -0.25) is 4.98 Å². The second-order valence-electron chi connectivity index (χ2n) is 4.48. The Balaban J connectivity index is 2.06. The monoisotopic (exact) mass is 228 g/mol. The second-order valence-corrected chi connectivity index (χ2v) is 4.48. The van der Waals surface area contributed by atoms with Crippen LogP contribution in [0.1, 0.15) is 18.2 Å². The molecule has 4 nitrogen and oxygen atoms in total. The lowest BCUT2D eigenvalue weighted by molar-refractivity contribution is 0.541. The van der Waals surface area contributed by atoms with Crippen LogP contribution in [0.3, 0.4) is 0 Å². The van der Waals surface area contributed by atoms with Crippen LogP contribution < -0.4 is 5.32 Å². The molecule has 0 aliphatic carbocycles. The van der Waals surface area contributed by atoms with E-state index in [-0.39, 0.29) is 0 Å². The van der Waals surface area contributed by atoms with Gasteiger partial charge in [0.15, 0.2) is 0 Å². The van der Waals surface area contributed by atoms with Gasteiger partial charge in [-0.25, -0.2) is 4.98 Å². The predicted octanol–water partition coefficient (Wildman–Crippen LogP) is 1.79. The van der Waals surface area contributed by atoms with Gasteiger partial charge in [0.2, 0.25) is 0 Å². The highest BCUT2D eigenvalue weighted by Gasteiger charge is 2.21. The Bertz CT molecular complexity index is 497. The molecule has 1 atom stereocenters. The van der Waals surface area contributed by atoms with Crippen LogP contribution >= 0.6 is 0 Å². The van der Waals surface area contributed by atoms with E-state index in [9.17, 15) is 0 Å². The number of nitrogens with one attached hydrogen (secondary N) is 1. The number of aryl methyl sites for hydroxylation is 1. The summed E-state index contributed by atoms with van der Waals surface area (Å²) in [5.41, 5.74) is 2.37. The molecule has 0 radical (unpaired) electrons. The summed E-state index contributed by atoms with van der Waals surface area (Å²) in [6, 6.07) is 4.56. The fraction of sp³-hybridized carbons (Fsp3) is 0.385. The summed E-state index contributed by atoms with van der Waals surface area (Å²) in [5.74, 6) is 1.05. The van der Waals surface area contributed by atoms with Gasteiger partial charge in [0.1, 0.15) is 5.82 Å². The lowest BCUT2D eigenvalue weighted by Gasteiger charge is -2.16. The summed E-state index contributed by atoms with van der Waals surface area (Å²) in [5, 5.41) is 3.41. The smallest absolute Gasteiger partial charge is 0.140 e. The highest BCUT2D eigenvalue weighted by Crippen LogP contribution is 2.26. The number of pyridine rings is 1. The van der Waals surface area contributed by atoms with E-state index < -0.39 is 0 Å². The van der Waals surface area contributed by atoms with Crippen molar-refractivity contribution in [3.63, 3.8) is 0 Å². The van der Waals surface area contributed by atoms with Crippen LogP contribution in [0.5, 0.6) is 0 Å². The van der Waals surface area contributed by atoms with Crippen molar-refractivity contribution in [1.82, 2.24) is 19.9 Å². The maximum atomic E-state index is 4.54. The van der Waals surface area contributed by atoms with E-state index in [0.29, 0.717) is 6.04 Å². The largest absolute Gasteiger partial charge is 0.324 e. The first-order valence-corrected chi connectivity index (χ1v) is 6.01. The molecule has 88 valence electrons. The van der Waals surface area contributed by atoms with Crippen molar-refractivity contribution in [2.45, 2.75) is 19.4 Å². The van der Waals surface area contributed by atoms with Crippen molar-refractivity contribution in [3.8, 4) is 11.4 Å². The molecule has 0 aromatic carbocycles. The zero-order valence-electron chi connectivity index (χ0n) is 9.93. The highest BCUT2D eigenvalue weighted by molar-refractivity contribution is 5.55. The Morgan fingerprint density at radius 1 is 1.35 bits per heavy atom. The first-order valence-electron chi connectivity index (χ1n) is 6.01. The quantitative estimate of drug-likeness (QED) is 0.852. The normalized spacial score (nSPS) is 19.7. The molecular weight excluding hydrogens is 212 g/mol. The molecule has 4 heteroatoms. The molecule has 0 bridgehead atoms. The van der Waals surface area contributed by atoms with Gasteiger partial charge in [0.05, 0.1) is 0 Å². The number of nitrogens with zero attached hydrogens (tertiary/aromatic N) is 3. The first kappa shape index (κ1) is 10.5. The zero-order valence-corrected chi connectivity index (χ0v) is 9.93. The lowest BCUT2D eigenvalue weighted by atomic mass is 10.2. The minimum Gasteiger partial charge on any atom is -0.324 e. The Morgan fingerprint density at radius 3 is 2.88 bits per heavy atom. The molecule has 1 fully saturated rings. The fourth-order valence-electron chi connectivity index (χ4n) is 2.48. The maximum Gasteiger partial charge on any atom is 0.140 e. The van der Waals surface area contributed by atoms with E-state index in [0.717, 1.165) is 24.5 Å². The van der Waals surface area contributed by atoms with E-state index >= 15 is 0 Å². The van der Waals surface area contributed by atoms with Crippen LogP contribution in [-0.4, -0.2) is 27.6 Å². The third-order valence-corrected chi connectivity index (χ3v) is 3.32. The summed E-state index contributed by atoms with van der Waals surface area (Å²) in [6.07, 6.45) is 6.76. The molecule has 2 aromatic rings. The number of hydrogen-bond acceptors (Lipinski definition) is 3. The van der Waals surface area contributed by atoms with E-state index in [4.69, 9.17) is 0 Å². The molecule has 1 N–H and O–H groups in total. The summed E-state index contributed by atoms with van der Waals surface area (Å²) in [7, 11) is 0. The summed E-state index contributed by atoms with van der Waals surface area (Å²) in [4.78, 5) is 8.59. The molecular formula is C13H16N4. The van der Waals surface area contributed by atoms with E-state index in [1.165, 1.54) is 12.1 Å². The highest BCUT2D eigenvalue weighted by atomic mass is 15.1. The summed E-state index contributed by atoms with van der Waals surface area (Å²) in [6.45, 7) is 4.25. The molecule has 1 aliphatic rings. The maximum absolute atomic E-state index is 4.54. The average Bonchev–Trinajstić information content (AvgIpc) is 2.99. The predicted molar refractivity (Wildman–Crippen MR) is 66.7 cm³/mol. The second kappa shape index (κ2) is 4.30. The van der Waals surface area contributed by atoms with E-state index in [1.807, 2.05) is 30.7 Å². The van der Waals surface area contributed by atoms with Crippen molar-refractivity contribution in [3.05, 3.63) is 36.4 Å². The Labute approximate surface area is 101 Å².